The van der Waals surface area contributed by atoms with Crippen LogP contribution in [0.2, 0.25) is 0 Å². The number of piperidine rings is 1. The predicted molar refractivity (Wildman–Crippen MR) is 103 cm³/mol. The SMILES string of the molecule is CC(CN1CCN(c2ccccc2)CC1)NC(=O)C1CCCCN1C. The van der Waals surface area contributed by atoms with Crippen LogP contribution in [0.25, 0.3) is 0 Å². The number of nitrogens with one attached hydrogen (secondary N) is 1. The van der Waals surface area contributed by atoms with E-state index in [2.05, 4.69) is 64.3 Å². The molecule has 138 valence electrons. The molecule has 0 radical (unpaired) electrons. The van der Waals surface area contributed by atoms with Crippen molar-refractivity contribution < 1.29 is 4.79 Å². The summed E-state index contributed by atoms with van der Waals surface area (Å²) in [7, 11) is 2.07. The van der Waals surface area contributed by atoms with Crippen LogP contribution in [0.4, 0.5) is 5.69 Å². The number of para-hydroxylation sites is 1. The lowest BCUT2D eigenvalue weighted by molar-refractivity contribution is -0.127. The second kappa shape index (κ2) is 8.68. The topological polar surface area (TPSA) is 38.8 Å². The van der Waals surface area contributed by atoms with Crippen LogP contribution < -0.4 is 10.2 Å². The van der Waals surface area contributed by atoms with Crippen LogP contribution in [0.3, 0.4) is 0 Å². The highest BCUT2D eigenvalue weighted by Gasteiger charge is 2.27. The second-order valence-corrected chi connectivity index (χ2v) is 7.53. The lowest BCUT2D eigenvalue weighted by Gasteiger charge is -2.38. The standard InChI is InChI=1S/C20H32N4O/c1-17(21-20(25)19-10-6-7-11-22(19)2)16-23-12-14-24(15-13-23)18-8-4-3-5-9-18/h3-5,8-9,17,19H,6-7,10-16H2,1-2H3,(H,21,25). The highest BCUT2D eigenvalue weighted by molar-refractivity contribution is 5.82. The van der Waals surface area contributed by atoms with E-state index in [-0.39, 0.29) is 18.0 Å². The van der Waals surface area contributed by atoms with Gasteiger partial charge in [0.05, 0.1) is 6.04 Å². The van der Waals surface area contributed by atoms with E-state index in [1.54, 1.807) is 0 Å². The first kappa shape index (κ1) is 18.2. The van der Waals surface area contributed by atoms with Gasteiger partial charge in [-0.2, -0.15) is 0 Å². The largest absolute Gasteiger partial charge is 0.369 e. The maximum absolute atomic E-state index is 12.5. The Labute approximate surface area is 152 Å². The van der Waals surface area contributed by atoms with Gasteiger partial charge in [0.2, 0.25) is 5.91 Å². The van der Waals surface area contributed by atoms with Gasteiger partial charge in [0.25, 0.3) is 0 Å². The van der Waals surface area contributed by atoms with E-state index in [0.29, 0.717) is 0 Å². The Balaban J connectivity index is 1.41. The molecule has 1 aromatic carbocycles. The molecule has 25 heavy (non-hydrogen) atoms. The maximum atomic E-state index is 12.5. The van der Waals surface area contributed by atoms with Crippen LogP contribution in [0.15, 0.2) is 30.3 Å². The fourth-order valence-electron chi connectivity index (χ4n) is 4.01. The highest BCUT2D eigenvalue weighted by atomic mass is 16.2. The number of piperazine rings is 1. The molecule has 2 atom stereocenters. The molecular weight excluding hydrogens is 312 g/mol. The van der Waals surface area contributed by atoms with E-state index in [9.17, 15) is 4.79 Å². The number of rotatable bonds is 5. The van der Waals surface area contributed by atoms with E-state index in [1.807, 2.05) is 0 Å². The molecule has 1 N–H and O–H groups in total. The summed E-state index contributed by atoms with van der Waals surface area (Å²) >= 11 is 0. The number of carbonyl (C=O) groups is 1. The van der Waals surface area contributed by atoms with Crippen LogP contribution in [-0.2, 0) is 4.79 Å². The summed E-state index contributed by atoms with van der Waals surface area (Å²) in [5, 5.41) is 3.23. The van der Waals surface area contributed by atoms with E-state index >= 15 is 0 Å². The van der Waals surface area contributed by atoms with Gasteiger partial charge in [-0.1, -0.05) is 24.6 Å². The fourth-order valence-corrected chi connectivity index (χ4v) is 4.01. The lowest BCUT2D eigenvalue weighted by atomic mass is 10.0. The number of benzene rings is 1. The van der Waals surface area contributed by atoms with Gasteiger partial charge in [0.1, 0.15) is 0 Å². The summed E-state index contributed by atoms with van der Waals surface area (Å²) in [5.74, 6) is 0.206. The first-order valence-electron chi connectivity index (χ1n) is 9.66. The smallest absolute Gasteiger partial charge is 0.237 e. The second-order valence-electron chi connectivity index (χ2n) is 7.53. The maximum Gasteiger partial charge on any atom is 0.237 e. The van der Waals surface area contributed by atoms with Crippen LogP contribution in [0, 0.1) is 0 Å². The zero-order valence-corrected chi connectivity index (χ0v) is 15.7. The molecule has 2 aliphatic rings. The van der Waals surface area contributed by atoms with Gasteiger partial charge in [-0.05, 0) is 45.5 Å². The molecule has 0 bridgehead atoms. The first-order chi connectivity index (χ1) is 12.1. The van der Waals surface area contributed by atoms with Gasteiger partial charge in [-0.15, -0.1) is 0 Å². The molecule has 2 saturated heterocycles. The van der Waals surface area contributed by atoms with E-state index in [4.69, 9.17) is 0 Å². The van der Waals surface area contributed by atoms with Crippen molar-refractivity contribution in [2.24, 2.45) is 0 Å². The average molecular weight is 345 g/mol. The van der Waals surface area contributed by atoms with Crippen molar-refractivity contribution in [1.29, 1.82) is 0 Å². The quantitative estimate of drug-likeness (QED) is 0.884. The number of likely N-dealkylation sites (N-methyl/N-ethyl adjacent to an activating group) is 1. The minimum atomic E-state index is 0.0612. The van der Waals surface area contributed by atoms with Crippen molar-refractivity contribution >= 4 is 11.6 Å². The number of hydrogen-bond acceptors (Lipinski definition) is 4. The van der Waals surface area contributed by atoms with Gasteiger partial charge in [0.15, 0.2) is 0 Å². The number of carbonyl (C=O) groups excluding carboxylic acids is 1. The van der Waals surface area contributed by atoms with Crippen molar-refractivity contribution in [1.82, 2.24) is 15.1 Å². The molecule has 0 aliphatic carbocycles. The van der Waals surface area contributed by atoms with Crippen LogP contribution in [0.1, 0.15) is 26.2 Å². The third-order valence-corrected chi connectivity index (χ3v) is 5.49. The summed E-state index contributed by atoms with van der Waals surface area (Å²) in [6, 6.07) is 10.9. The van der Waals surface area contributed by atoms with Gasteiger partial charge in [-0.25, -0.2) is 0 Å². The minimum absolute atomic E-state index is 0.0612. The Morgan fingerprint density at radius 3 is 2.52 bits per heavy atom. The summed E-state index contributed by atoms with van der Waals surface area (Å²) in [5.41, 5.74) is 1.31. The third kappa shape index (κ3) is 4.95. The normalized spacial score (nSPS) is 24.1. The molecule has 1 aromatic rings. The number of hydrogen-bond donors (Lipinski definition) is 1. The molecule has 1 amide bonds. The van der Waals surface area contributed by atoms with Crippen LogP contribution >= 0.6 is 0 Å². The van der Waals surface area contributed by atoms with Gasteiger partial charge in [-0.3, -0.25) is 14.6 Å². The summed E-state index contributed by atoms with van der Waals surface area (Å²) < 4.78 is 0. The first-order valence-corrected chi connectivity index (χ1v) is 9.66. The molecule has 0 spiro atoms. The molecule has 3 rings (SSSR count). The van der Waals surface area contributed by atoms with E-state index in [1.165, 1.54) is 12.1 Å². The number of amides is 1. The Bertz CT molecular complexity index is 542. The van der Waals surface area contributed by atoms with Crippen molar-refractivity contribution in [3.8, 4) is 0 Å². The zero-order valence-electron chi connectivity index (χ0n) is 15.7. The van der Waals surface area contributed by atoms with Gasteiger partial charge < -0.3 is 10.2 Å². The molecule has 2 fully saturated rings. The number of anilines is 1. The Morgan fingerprint density at radius 2 is 1.84 bits per heavy atom. The minimum Gasteiger partial charge on any atom is -0.369 e. The third-order valence-electron chi connectivity index (χ3n) is 5.49. The average Bonchev–Trinajstić information content (AvgIpc) is 2.63. The van der Waals surface area contributed by atoms with E-state index in [0.717, 1.165) is 52.1 Å². The van der Waals surface area contributed by atoms with E-state index < -0.39 is 0 Å². The molecule has 2 unspecified atom stereocenters. The molecule has 0 saturated carbocycles. The molecule has 0 aromatic heterocycles. The molecule has 2 heterocycles. The summed E-state index contributed by atoms with van der Waals surface area (Å²) in [6.45, 7) is 8.31. The van der Waals surface area contributed by atoms with Crippen molar-refractivity contribution in [3.63, 3.8) is 0 Å². The lowest BCUT2D eigenvalue weighted by Crippen LogP contribution is -2.54. The molecule has 5 heteroatoms. The Kier molecular flexibility index (Phi) is 6.32. The molecule has 2 aliphatic heterocycles. The summed E-state index contributed by atoms with van der Waals surface area (Å²) in [4.78, 5) is 19.6. The van der Waals surface area contributed by atoms with Crippen molar-refractivity contribution in [2.45, 2.75) is 38.3 Å². The van der Waals surface area contributed by atoms with Crippen LogP contribution in [0.5, 0.6) is 0 Å². The Hall–Kier alpha value is -1.59. The highest BCUT2D eigenvalue weighted by Crippen LogP contribution is 2.17. The molecule has 5 nitrogen and oxygen atoms in total. The predicted octanol–water partition coefficient (Wildman–Crippen LogP) is 1.80. The number of likely N-dealkylation sites (tertiary alicyclic amines) is 1. The van der Waals surface area contributed by atoms with Gasteiger partial charge >= 0.3 is 0 Å². The monoisotopic (exact) mass is 344 g/mol. The molecular formula is C20H32N4O. The summed E-state index contributed by atoms with van der Waals surface area (Å²) in [6.07, 6.45) is 3.37. The zero-order chi connectivity index (χ0) is 17.6. The fraction of sp³-hybridized carbons (Fsp3) is 0.650. The van der Waals surface area contributed by atoms with Crippen molar-refractivity contribution in [2.75, 3.05) is 51.2 Å². The van der Waals surface area contributed by atoms with Crippen molar-refractivity contribution in [3.05, 3.63) is 30.3 Å². The van der Waals surface area contributed by atoms with Gasteiger partial charge in [0, 0.05) is 44.5 Å². The number of nitrogens with zero attached hydrogens (tertiary/aromatic N) is 3. The Morgan fingerprint density at radius 1 is 1.12 bits per heavy atom. The van der Waals surface area contributed by atoms with Crippen LogP contribution in [-0.4, -0.2) is 74.1 Å².